The Hall–Kier alpha value is -1.85. The molecule has 1 aromatic carbocycles. The van der Waals surface area contributed by atoms with Crippen LogP contribution in [0.3, 0.4) is 0 Å². The number of para-hydroxylation sites is 2. The van der Waals surface area contributed by atoms with Crippen LogP contribution in [0.15, 0.2) is 35.0 Å². The van der Waals surface area contributed by atoms with E-state index in [1.807, 2.05) is 22.4 Å². The third-order valence-electron chi connectivity index (χ3n) is 4.17. The smallest absolute Gasteiger partial charge is 0.261 e. The molecule has 5 heteroatoms. The lowest BCUT2D eigenvalue weighted by atomic mass is 10.2. The summed E-state index contributed by atoms with van der Waals surface area (Å²) in [7, 11) is 4.13. The van der Waals surface area contributed by atoms with E-state index in [0.717, 1.165) is 48.7 Å². The van der Waals surface area contributed by atoms with Crippen molar-refractivity contribution in [1.29, 1.82) is 0 Å². The summed E-state index contributed by atoms with van der Waals surface area (Å²) in [6.07, 6.45) is 0.957. The number of anilines is 3. The lowest BCUT2D eigenvalue weighted by Crippen LogP contribution is -2.32. The molecule has 1 aliphatic heterocycles. The second kappa shape index (κ2) is 6.72. The molecule has 0 saturated carbocycles. The average Bonchev–Trinajstić information content (AvgIpc) is 2.98. The first-order valence-electron chi connectivity index (χ1n) is 8.02. The van der Waals surface area contributed by atoms with Crippen molar-refractivity contribution in [3.63, 3.8) is 0 Å². The van der Waals surface area contributed by atoms with Gasteiger partial charge >= 0.3 is 0 Å². The monoisotopic (exact) mass is 329 g/mol. The van der Waals surface area contributed by atoms with Crippen molar-refractivity contribution >= 4 is 34.3 Å². The van der Waals surface area contributed by atoms with Crippen LogP contribution >= 0.6 is 11.3 Å². The fourth-order valence-corrected chi connectivity index (χ4v) is 3.88. The highest BCUT2D eigenvalue weighted by Crippen LogP contribution is 2.41. The molecule has 0 bridgehead atoms. The minimum Gasteiger partial charge on any atom is -0.339 e. The zero-order valence-corrected chi connectivity index (χ0v) is 14.8. The molecule has 2 heterocycles. The highest BCUT2D eigenvalue weighted by Gasteiger charge is 2.30. The molecule has 0 fully saturated rings. The van der Waals surface area contributed by atoms with Gasteiger partial charge in [-0.1, -0.05) is 12.1 Å². The molecule has 122 valence electrons. The second-order valence-electron chi connectivity index (χ2n) is 6.02. The number of carbonyl (C=O) groups is 1. The third-order valence-corrected chi connectivity index (χ3v) is 4.91. The van der Waals surface area contributed by atoms with E-state index >= 15 is 0 Å². The van der Waals surface area contributed by atoms with Crippen LogP contribution in [-0.2, 0) is 0 Å². The van der Waals surface area contributed by atoms with Gasteiger partial charge in [0.15, 0.2) is 0 Å². The molecule has 3 rings (SSSR count). The summed E-state index contributed by atoms with van der Waals surface area (Å²) in [5, 5.41) is 4.06. The average molecular weight is 329 g/mol. The van der Waals surface area contributed by atoms with Gasteiger partial charge in [0.1, 0.15) is 0 Å². The van der Waals surface area contributed by atoms with Crippen LogP contribution in [0.1, 0.15) is 23.7 Å². The Bertz CT molecular complexity index is 695. The fraction of sp³-hybridized carbons (Fsp3) is 0.389. The molecule has 4 nitrogen and oxygen atoms in total. The van der Waals surface area contributed by atoms with Crippen LogP contribution in [0.5, 0.6) is 0 Å². The summed E-state index contributed by atoms with van der Waals surface area (Å²) in [6, 6.07) is 8.22. The third kappa shape index (κ3) is 2.99. The first-order chi connectivity index (χ1) is 11.1. The summed E-state index contributed by atoms with van der Waals surface area (Å²) in [5.74, 6) is 0.114. The molecule has 23 heavy (non-hydrogen) atoms. The molecule has 0 aliphatic carbocycles. The quantitative estimate of drug-likeness (QED) is 0.834. The van der Waals surface area contributed by atoms with Gasteiger partial charge in [-0.2, -0.15) is 0 Å². The van der Waals surface area contributed by atoms with Crippen LogP contribution in [0.4, 0.5) is 17.1 Å². The number of carbonyl (C=O) groups excluding carboxylic acids is 1. The van der Waals surface area contributed by atoms with Crippen molar-refractivity contribution in [2.75, 3.05) is 43.5 Å². The Morgan fingerprint density at radius 1 is 1.04 bits per heavy atom. The van der Waals surface area contributed by atoms with Gasteiger partial charge in [-0.05, 0) is 46.1 Å². The lowest BCUT2D eigenvalue weighted by Gasteiger charge is -2.26. The van der Waals surface area contributed by atoms with Crippen LogP contribution in [0.2, 0.25) is 0 Å². The van der Waals surface area contributed by atoms with Crippen molar-refractivity contribution in [3.05, 3.63) is 40.6 Å². The number of hydrogen-bond acceptors (Lipinski definition) is 4. The summed E-state index contributed by atoms with van der Waals surface area (Å²) < 4.78 is 0. The largest absolute Gasteiger partial charge is 0.339 e. The summed E-state index contributed by atoms with van der Waals surface area (Å²) in [6.45, 7) is 4.69. The van der Waals surface area contributed by atoms with Crippen molar-refractivity contribution in [2.24, 2.45) is 0 Å². The van der Waals surface area contributed by atoms with Gasteiger partial charge in [-0.15, -0.1) is 11.3 Å². The van der Waals surface area contributed by atoms with E-state index in [-0.39, 0.29) is 5.91 Å². The Balaban J connectivity index is 2.03. The highest BCUT2D eigenvalue weighted by molar-refractivity contribution is 7.08. The number of hydrogen-bond donors (Lipinski definition) is 0. The van der Waals surface area contributed by atoms with Gasteiger partial charge in [0, 0.05) is 23.8 Å². The molecule has 2 aromatic rings. The molecule has 0 spiro atoms. The second-order valence-corrected chi connectivity index (χ2v) is 6.76. The zero-order valence-electron chi connectivity index (χ0n) is 14.0. The fourth-order valence-electron chi connectivity index (χ4n) is 3.07. The molecule has 1 aliphatic rings. The van der Waals surface area contributed by atoms with E-state index in [4.69, 9.17) is 0 Å². The summed E-state index contributed by atoms with van der Waals surface area (Å²) in [4.78, 5) is 19.4. The molecule has 0 radical (unpaired) electrons. The van der Waals surface area contributed by atoms with Crippen molar-refractivity contribution in [1.82, 2.24) is 4.90 Å². The zero-order chi connectivity index (χ0) is 16.4. The van der Waals surface area contributed by atoms with Gasteiger partial charge in [0.05, 0.1) is 22.6 Å². The van der Waals surface area contributed by atoms with Crippen molar-refractivity contribution in [2.45, 2.75) is 13.3 Å². The molecular weight excluding hydrogens is 306 g/mol. The predicted molar refractivity (Wildman–Crippen MR) is 98.3 cm³/mol. The Morgan fingerprint density at radius 2 is 1.74 bits per heavy atom. The van der Waals surface area contributed by atoms with Crippen molar-refractivity contribution in [3.8, 4) is 0 Å². The molecule has 0 N–H and O–H groups in total. The van der Waals surface area contributed by atoms with Gasteiger partial charge in [-0.3, -0.25) is 4.79 Å². The Kier molecular flexibility index (Phi) is 4.68. The van der Waals surface area contributed by atoms with E-state index in [2.05, 4.69) is 48.3 Å². The Morgan fingerprint density at radius 3 is 2.39 bits per heavy atom. The maximum atomic E-state index is 13.1. The van der Waals surface area contributed by atoms with E-state index in [1.165, 1.54) is 0 Å². The number of thiophene rings is 1. The minimum absolute atomic E-state index is 0.114. The molecule has 0 saturated heterocycles. The minimum atomic E-state index is 0.114. The van der Waals surface area contributed by atoms with Gasteiger partial charge < -0.3 is 14.7 Å². The lowest BCUT2D eigenvalue weighted by molar-refractivity contribution is 0.0988. The molecular formula is C18H23N3OS. The maximum absolute atomic E-state index is 13.1. The van der Waals surface area contributed by atoms with Crippen molar-refractivity contribution < 1.29 is 4.79 Å². The normalized spacial score (nSPS) is 14.0. The van der Waals surface area contributed by atoms with Crippen LogP contribution in [0, 0.1) is 0 Å². The number of benzene rings is 1. The summed E-state index contributed by atoms with van der Waals surface area (Å²) >= 11 is 1.60. The van der Waals surface area contributed by atoms with Crippen LogP contribution < -0.4 is 9.80 Å². The topological polar surface area (TPSA) is 26.8 Å². The van der Waals surface area contributed by atoms with E-state index < -0.39 is 0 Å². The van der Waals surface area contributed by atoms with E-state index in [1.54, 1.807) is 11.3 Å². The molecule has 0 atom stereocenters. The van der Waals surface area contributed by atoms with Crippen LogP contribution in [0.25, 0.3) is 0 Å². The number of nitrogens with zero attached hydrogens (tertiary/aromatic N) is 3. The summed E-state index contributed by atoms with van der Waals surface area (Å²) in [5.41, 5.74) is 3.98. The number of fused-ring (bicyclic) bond motifs is 2. The standard InChI is InChI=1S/C18H23N3OS/c1-4-20-15-8-5-6-9-16(15)21(11-7-10-19(2)3)18(22)14-12-23-13-17(14)20/h5-6,8-9,12-13H,4,7,10-11H2,1-3H3. The number of amides is 1. The predicted octanol–water partition coefficient (Wildman–Crippen LogP) is 3.82. The Labute approximate surface area is 141 Å². The first kappa shape index (κ1) is 16.0. The highest BCUT2D eigenvalue weighted by atomic mass is 32.1. The SMILES string of the molecule is CCN1c2cscc2C(=O)N(CCCN(C)C)c2ccccc21. The van der Waals surface area contributed by atoms with E-state index in [0.29, 0.717) is 0 Å². The van der Waals surface area contributed by atoms with Gasteiger partial charge in [0.2, 0.25) is 0 Å². The van der Waals surface area contributed by atoms with E-state index in [9.17, 15) is 4.79 Å². The maximum Gasteiger partial charge on any atom is 0.261 e. The van der Waals surface area contributed by atoms with Crippen LogP contribution in [-0.4, -0.2) is 44.5 Å². The molecule has 1 amide bonds. The first-order valence-corrected chi connectivity index (χ1v) is 8.97. The molecule has 1 aromatic heterocycles. The van der Waals surface area contributed by atoms with Gasteiger partial charge in [0.25, 0.3) is 5.91 Å². The number of rotatable bonds is 5. The van der Waals surface area contributed by atoms with Gasteiger partial charge in [-0.25, -0.2) is 0 Å². The molecule has 0 unspecified atom stereocenters.